The average Bonchev–Trinajstić information content (AvgIpc) is 2.83. The number of nitrogens with zero attached hydrogens (tertiary/aromatic N) is 1. The van der Waals surface area contributed by atoms with Gasteiger partial charge in [0, 0.05) is 12.7 Å². The number of aryl methyl sites for hydroxylation is 1. The Kier molecular flexibility index (Phi) is 5.72. The number of hydrogen-bond donors (Lipinski definition) is 1. The van der Waals surface area contributed by atoms with E-state index in [1.807, 2.05) is 6.07 Å². The molecule has 3 aromatic carbocycles. The number of hydrogen-bond acceptors (Lipinski definition) is 5. The Balaban J connectivity index is 1.94. The van der Waals surface area contributed by atoms with E-state index < -0.39 is 17.4 Å². The number of nitrogens with one attached hydrogen (secondary N) is 1. The number of amides is 1. The number of methoxy groups -OCH3 is 1. The van der Waals surface area contributed by atoms with Crippen LogP contribution in [-0.4, -0.2) is 23.6 Å². The number of carbonyl (C=O) groups excluding carboxylic acids is 2. The van der Waals surface area contributed by atoms with Gasteiger partial charge in [0.15, 0.2) is 5.75 Å². The van der Waals surface area contributed by atoms with Gasteiger partial charge in [-0.1, -0.05) is 42.5 Å². The summed E-state index contributed by atoms with van der Waals surface area (Å²) in [4.78, 5) is 39.3. The minimum atomic E-state index is -0.695. The molecule has 32 heavy (non-hydrogen) atoms. The molecular formula is C25H20N2O5. The van der Waals surface area contributed by atoms with Crippen molar-refractivity contribution in [2.75, 3.05) is 12.4 Å². The van der Waals surface area contributed by atoms with Crippen molar-refractivity contribution in [2.45, 2.75) is 0 Å². The molecule has 0 saturated heterocycles. The first kappa shape index (κ1) is 20.9. The molecule has 0 atom stereocenters. The van der Waals surface area contributed by atoms with E-state index >= 15 is 0 Å². The van der Waals surface area contributed by atoms with Gasteiger partial charge in [-0.25, -0.2) is 4.79 Å². The number of anilines is 1. The fourth-order valence-electron chi connectivity index (χ4n) is 3.44. The molecule has 0 fully saturated rings. The van der Waals surface area contributed by atoms with Gasteiger partial charge < -0.3 is 19.4 Å². The van der Waals surface area contributed by atoms with Crippen LogP contribution in [0.5, 0.6) is 11.5 Å². The summed E-state index contributed by atoms with van der Waals surface area (Å²) in [6.07, 6.45) is 0. The third-order valence-electron chi connectivity index (χ3n) is 5.02. The molecule has 0 aliphatic rings. The topological polar surface area (TPSA) is 86.6 Å². The SMILES string of the molecule is COc1cccc2c1c(OC(=O)c1ccccc1)c(C(=O)Nc1ccccc1)c(=O)n2C. The highest BCUT2D eigenvalue weighted by molar-refractivity contribution is 6.11. The van der Waals surface area contributed by atoms with Gasteiger partial charge in [-0.3, -0.25) is 9.59 Å². The third-order valence-corrected chi connectivity index (χ3v) is 5.02. The number of carbonyl (C=O) groups is 2. The molecule has 0 saturated carbocycles. The third kappa shape index (κ3) is 3.83. The second-order valence-corrected chi connectivity index (χ2v) is 7.00. The zero-order valence-corrected chi connectivity index (χ0v) is 17.5. The van der Waals surface area contributed by atoms with Crippen molar-refractivity contribution < 1.29 is 19.1 Å². The van der Waals surface area contributed by atoms with Crippen molar-refractivity contribution in [3.05, 3.63) is 100 Å². The molecule has 1 aromatic heterocycles. The zero-order chi connectivity index (χ0) is 22.7. The highest BCUT2D eigenvalue weighted by atomic mass is 16.5. The molecule has 0 unspecified atom stereocenters. The lowest BCUT2D eigenvalue weighted by Gasteiger charge is -2.17. The molecule has 1 N–H and O–H groups in total. The van der Waals surface area contributed by atoms with Crippen molar-refractivity contribution in [3.8, 4) is 11.5 Å². The van der Waals surface area contributed by atoms with Gasteiger partial charge in [0.25, 0.3) is 11.5 Å². The van der Waals surface area contributed by atoms with E-state index in [4.69, 9.17) is 9.47 Å². The lowest BCUT2D eigenvalue weighted by Crippen LogP contribution is -2.30. The first-order valence-corrected chi connectivity index (χ1v) is 9.84. The molecule has 7 heteroatoms. The molecule has 0 bridgehead atoms. The van der Waals surface area contributed by atoms with Crippen LogP contribution in [0, 0.1) is 0 Å². The van der Waals surface area contributed by atoms with E-state index in [1.165, 1.54) is 11.7 Å². The Morgan fingerprint density at radius 1 is 0.875 bits per heavy atom. The monoisotopic (exact) mass is 428 g/mol. The van der Waals surface area contributed by atoms with Crippen LogP contribution in [0.3, 0.4) is 0 Å². The minimum absolute atomic E-state index is 0.150. The number of rotatable bonds is 5. The Bertz CT molecular complexity index is 1360. The fraction of sp³-hybridized carbons (Fsp3) is 0.0800. The van der Waals surface area contributed by atoms with Gasteiger partial charge in [-0.05, 0) is 36.4 Å². The largest absolute Gasteiger partial charge is 0.496 e. The maximum atomic E-state index is 13.2. The van der Waals surface area contributed by atoms with Crippen LogP contribution in [0.1, 0.15) is 20.7 Å². The number of esters is 1. The van der Waals surface area contributed by atoms with E-state index in [0.29, 0.717) is 22.3 Å². The lowest BCUT2D eigenvalue weighted by atomic mass is 10.1. The van der Waals surface area contributed by atoms with Crippen LogP contribution < -0.4 is 20.3 Å². The summed E-state index contributed by atoms with van der Waals surface area (Å²) in [7, 11) is 3.01. The number of fused-ring (bicyclic) bond motifs is 1. The normalized spacial score (nSPS) is 10.6. The summed E-state index contributed by atoms with van der Waals surface area (Å²) in [5.74, 6) is -1.18. The van der Waals surface area contributed by atoms with E-state index in [-0.39, 0.29) is 16.9 Å². The highest BCUT2D eigenvalue weighted by Crippen LogP contribution is 2.36. The molecule has 0 aliphatic heterocycles. The first-order chi connectivity index (χ1) is 15.5. The fourth-order valence-corrected chi connectivity index (χ4v) is 3.44. The average molecular weight is 428 g/mol. The van der Waals surface area contributed by atoms with Crippen LogP contribution >= 0.6 is 0 Å². The summed E-state index contributed by atoms with van der Waals surface area (Å²) < 4.78 is 12.5. The van der Waals surface area contributed by atoms with Crippen molar-refractivity contribution >= 4 is 28.5 Å². The minimum Gasteiger partial charge on any atom is -0.496 e. The first-order valence-electron chi connectivity index (χ1n) is 9.84. The van der Waals surface area contributed by atoms with Crippen LogP contribution in [0.15, 0.2) is 83.7 Å². The number of benzene rings is 3. The number of ether oxygens (including phenoxy) is 2. The summed E-state index contributed by atoms with van der Waals surface area (Å²) in [5.41, 5.74) is 0.347. The van der Waals surface area contributed by atoms with E-state index in [1.54, 1.807) is 79.8 Å². The quantitative estimate of drug-likeness (QED) is 0.485. The predicted molar refractivity (Wildman–Crippen MR) is 122 cm³/mol. The van der Waals surface area contributed by atoms with Crippen molar-refractivity contribution in [3.63, 3.8) is 0 Å². The van der Waals surface area contributed by atoms with Gasteiger partial charge >= 0.3 is 5.97 Å². The van der Waals surface area contributed by atoms with Gasteiger partial charge in [0.2, 0.25) is 0 Å². The Morgan fingerprint density at radius 2 is 1.53 bits per heavy atom. The second-order valence-electron chi connectivity index (χ2n) is 7.00. The Morgan fingerprint density at radius 3 is 2.19 bits per heavy atom. The summed E-state index contributed by atoms with van der Waals surface area (Å²) >= 11 is 0. The zero-order valence-electron chi connectivity index (χ0n) is 17.5. The van der Waals surface area contributed by atoms with E-state index in [0.717, 1.165) is 0 Å². The van der Waals surface area contributed by atoms with Crippen molar-refractivity contribution in [1.29, 1.82) is 0 Å². The molecule has 0 radical (unpaired) electrons. The maximum Gasteiger partial charge on any atom is 0.343 e. The van der Waals surface area contributed by atoms with Crippen LogP contribution in [0.25, 0.3) is 10.9 Å². The molecule has 7 nitrogen and oxygen atoms in total. The Hall–Kier alpha value is -4.39. The van der Waals surface area contributed by atoms with Gasteiger partial charge in [0.05, 0.1) is 23.6 Å². The molecule has 160 valence electrons. The maximum absolute atomic E-state index is 13.2. The molecule has 1 amide bonds. The van der Waals surface area contributed by atoms with Crippen molar-refractivity contribution in [2.24, 2.45) is 7.05 Å². The lowest BCUT2D eigenvalue weighted by molar-refractivity contribution is 0.0734. The van der Waals surface area contributed by atoms with Gasteiger partial charge in [-0.15, -0.1) is 0 Å². The highest BCUT2D eigenvalue weighted by Gasteiger charge is 2.27. The standard InChI is InChI=1S/C25H20N2O5/c1-27-18-14-9-15-19(31-2)20(18)22(32-25(30)16-10-5-3-6-11-16)21(24(27)29)23(28)26-17-12-7-4-8-13-17/h3-15H,1-2H3,(H,26,28). The van der Waals surface area contributed by atoms with Gasteiger partial charge in [-0.2, -0.15) is 0 Å². The molecule has 4 rings (SSSR count). The molecule has 0 spiro atoms. The molecular weight excluding hydrogens is 408 g/mol. The van der Waals surface area contributed by atoms with E-state index in [9.17, 15) is 14.4 Å². The van der Waals surface area contributed by atoms with Crippen LogP contribution in [-0.2, 0) is 7.05 Å². The van der Waals surface area contributed by atoms with Crippen LogP contribution in [0.4, 0.5) is 5.69 Å². The van der Waals surface area contributed by atoms with Crippen molar-refractivity contribution in [1.82, 2.24) is 4.57 Å². The number of aromatic nitrogens is 1. The Labute approximate surface area is 183 Å². The molecule has 4 aromatic rings. The summed E-state index contributed by atoms with van der Waals surface area (Å²) in [6.45, 7) is 0. The number of pyridine rings is 1. The van der Waals surface area contributed by atoms with E-state index in [2.05, 4.69) is 5.32 Å². The molecule has 1 heterocycles. The summed E-state index contributed by atoms with van der Waals surface area (Å²) in [6, 6.07) is 22.1. The molecule has 0 aliphatic carbocycles. The smallest absolute Gasteiger partial charge is 0.343 e. The number of para-hydroxylation sites is 1. The predicted octanol–water partition coefficient (Wildman–Crippen LogP) is 4.02. The summed E-state index contributed by atoms with van der Waals surface area (Å²) in [5, 5.41) is 3.04. The van der Waals surface area contributed by atoms with Crippen LogP contribution in [0.2, 0.25) is 0 Å². The second kappa shape index (κ2) is 8.77. The van der Waals surface area contributed by atoms with Gasteiger partial charge in [0.1, 0.15) is 11.3 Å².